The van der Waals surface area contributed by atoms with Gasteiger partial charge in [-0.05, 0) is 43.2 Å². The van der Waals surface area contributed by atoms with Gasteiger partial charge in [0.15, 0.2) is 34.9 Å². The lowest BCUT2D eigenvalue weighted by Crippen LogP contribution is -2.10. The molecule has 0 saturated carbocycles. The molecule has 2 nitrogen and oxygen atoms in total. The number of ether oxygens (including phenoxy) is 1. The lowest BCUT2D eigenvalue weighted by molar-refractivity contribution is 0.192. The number of rotatable bonds is 5. The fraction of sp³-hybridized carbons (Fsp3) is 0.286. The predicted octanol–water partition coefficient (Wildman–Crippen LogP) is 7.66. The molecule has 5 rings (SSSR count). The Balaban J connectivity index is 1.41. The Hall–Kier alpha value is -3.10. The summed E-state index contributed by atoms with van der Waals surface area (Å²) < 4.78 is 93.0. The van der Waals surface area contributed by atoms with Crippen LogP contribution >= 0.6 is 0 Å². The number of benzene rings is 3. The third-order valence-electron chi connectivity index (χ3n) is 6.95. The molecule has 188 valence electrons. The van der Waals surface area contributed by atoms with Crippen molar-refractivity contribution in [3.05, 3.63) is 99.6 Å². The number of hydrogen-bond acceptors (Lipinski definition) is 2. The minimum atomic E-state index is -1.30. The summed E-state index contributed by atoms with van der Waals surface area (Å²) in [4.78, 5) is 0. The molecule has 0 radical (unpaired) electrons. The Bertz CT molecular complexity index is 1380. The minimum Gasteiger partial charge on any atom is -0.389 e. The monoisotopic (exact) mass is 504 g/mol. The number of halogens is 6. The van der Waals surface area contributed by atoms with E-state index in [-0.39, 0.29) is 47.6 Å². The van der Waals surface area contributed by atoms with Crippen LogP contribution in [0.1, 0.15) is 66.6 Å². The van der Waals surface area contributed by atoms with Crippen LogP contribution in [0.4, 0.5) is 26.3 Å². The first-order valence-corrected chi connectivity index (χ1v) is 11.6. The van der Waals surface area contributed by atoms with Gasteiger partial charge in [0.05, 0.1) is 12.7 Å². The fourth-order valence-corrected chi connectivity index (χ4v) is 4.83. The van der Waals surface area contributed by atoms with Gasteiger partial charge in [0, 0.05) is 27.8 Å². The third kappa shape index (κ3) is 4.22. The second-order valence-electron chi connectivity index (χ2n) is 9.19. The van der Waals surface area contributed by atoms with Crippen molar-refractivity contribution < 1.29 is 36.2 Å². The molecule has 1 saturated heterocycles. The maximum Gasteiger partial charge on any atom is 0.167 e. The minimum absolute atomic E-state index is 0.0188. The topological polar surface area (TPSA) is 32.8 Å². The molecule has 8 heteroatoms. The largest absolute Gasteiger partial charge is 0.389 e. The van der Waals surface area contributed by atoms with Crippen molar-refractivity contribution in [1.82, 2.24) is 0 Å². The molecule has 3 aromatic carbocycles. The quantitative estimate of drug-likeness (QED) is 0.286. The molecule has 0 amide bonds. The average molecular weight is 504 g/mol. The van der Waals surface area contributed by atoms with Crippen molar-refractivity contribution in [2.75, 3.05) is 6.61 Å². The van der Waals surface area contributed by atoms with Crippen molar-refractivity contribution in [3.63, 3.8) is 0 Å². The zero-order valence-electron chi connectivity index (χ0n) is 19.2. The van der Waals surface area contributed by atoms with Gasteiger partial charge in [0.1, 0.15) is 6.10 Å². The standard InChI is InChI=1S/C28H22F6O2/c1-13(35)16-6-7-17(24(30)23(16)29)14-2-4-15(5-3-14)18-8-9-19(26(32)25(18)31)20-10-11-21(22-12-36-22)28(34)27(20)33/h4,6-11,13-14,22,35H,2-3,5,12H2,1H3. The van der Waals surface area contributed by atoms with Gasteiger partial charge in [0.25, 0.3) is 0 Å². The van der Waals surface area contributed by atoms with E-state index in [0.29, 0.717) is 12.0 Å². The van der Waals surface area contributed by atoms with Gasteiger partial charge < -0.3 is 9.84 Å². The van der Waals surface area contributed by atoms with E-state index in [1.807, 2.05) is 0 Å². The average Bonchev–Trinajstić information content (AvgIpc) is 3.70. The van der Waals surface area contributed by atoms with E-state index in [1.54, 1.807) is 6.08 Å². The highest BCUT2D eigenvalue weighted by Gasteiger charge is 2.31. The molecule has 0 spiro atoms. The van der Waals surface area contributed by atoms with Crippen molar-refractivity contribution in [2.45, 2.75) is 44.3 Å². The van der Waals surface area contributed by atoms with Crippen LogP contribution < -0.4 is 0 Å². The van der Waals surface area contributed by atoms with Crippen molar-refractivity contribution in [1.29, 1.82) is 0 Å². The second-order valence-corrected chi connectivity index (χ2v) is 9.19. The SMILES string of the molecule is CC(O)c1ccc(C2CC=C(c3ccc(-c4ccc(C5CO5)c(F)c4F)c(F)c3F)CC2)c(F)c1F. The third-order valence-corrected chi connectivity index (χ3v) is 6.95. The van der Waals surface area contributed by atoms with Gasteiger partial charge in [-0.3, -0.25) is 0 Å². The number of hydrogen-bond donors (Lipinski definition) is 1. The van der Waals surface area contributed by atoms with E-state index >= 15 is 8.78 Å². The highest BCUT2D eigenvalue weighted by atomic mass is 19.2. The molecule has 2 aliphatic rings. The molecule has 36 heavy (non-hydrogen) atoms. The summed E-state index contributed by atoms with van der Waals surface area (Å²) >= 11 is 0. The van der Waals surface area contributed by atoms with Crippen molar-refractivity contribution in [2.24, 2.45) is 0 Å². The molecule has 1 N–H and O–H groups in total. The van der Waals surface area contributed by atoms with Crippen molar-refractivity contribution >= 4 is 5.57 Å². The Labute approximate surface area is 203 Å². The Morgan fingerprint density at radius 3 is 1.92 bits per heavy atom. The van der Waals surface area contributed by atoms with Crippen LogP contribution in [0.3, 0.4) is 0 Å². The van der Waals surface area contributed by atoms with Crippen LogP contribution in [0, 0.1) is 34.9 Å². The van der Waals surface area contributed by atoms with E-state index in [2.05, 4.69) is 0 Å². The summed E-state index contributed by atoms with van der Waals surface area (Å²) in [5, 5.41) is 9.57. The molecule has 1 aliphatic carbocycles. The summed E-state index contributed by atoms with van der Waals surface area (Å²) in [5.74, 6) is -7.40. The van der Waals surface area contributed by atoms with Crippen LogP contribution in [0.25, 0.3) is 16.7 Å². The number of aliphatic hydroxyl groups excluding tert-OH is 1. The molecule has 0 aromatic heterocycles. The zero-order valence-corrected chi connectivity index (χ0v) is 19.2. The highest BCUT2D eigenvalue weighted by Crippen LogP contribution is 2.41. The first-order valence-electron chi connectivity index (χ1n) is 11.6. The maximum absolute atomic E-state index is 15.1. The summed E-state index contributed by atoms with van der Waals surface area (Å²) in [6, 6.07) is 7.80. The summed E-state index contributed by atoms with van der Waals surface area (Å²) in [6.07, 6.45) is 0.883. The van der Waals surface area contributed by atoms with E-state index in [9.17, 15) is 22.7 Å². The van der Waals surface area contributed by atoms with Crippen LogP contribution in [-0.4, -0.2) is 11.7 Å². The summed E-state index contributed by atoms with van der Waals surface area (Å²) in [7, 11) is 0. The highest BCUT2D eigenvalue weighted by molar-refractivity contribution is 5.73. The first-order chi connectivity index (χ1) is 17.2. The van der Waals surface area contributed by atoms with Crippen LogP contribution in [0.5, 0.6) is 0 Å². The molecule has 3 atom stereocenters. The Kier molecular flexibility index (Phi) is 6.43. The molecular formula is C28H22F6O2. The number of allylic oxidation sites excluding steroid dienone is 2. The first kappa shape index (κ1) is 24.6. The molecule has 1 fully saturated rings. The summed E-state index contributed by atoms with van der Waals surface area (Å²) in [5.41, 5.74) is -0.262. The molecular weight excluding hydrogens is 482 g/mol. The summed E-state index contributed by atoms with van der Waals surface area (Å²) in [6.45, 7) is 1.62. The van der Waals surface area contributed by atoms with Gasteiger partial charge in [-0.25, -0.2) is 26.3 Å². The Morgan fingerprint density at radius 2 is 1.31 bits per heavy atom. The fourth-order valence-electron chi connectivity index (χ4n) is 4.83. The van der Waals surface area contributed by atoms with E-state index < -0.39 is 58.2 Å². The smallest absolute Gasteiger partial charge is 0.167 e. The Morgan fingerprint density at radius 1 is 0.750 bits per heavy atom. The van der Waals surface area contributed by atoms with Gasteiger partial charge in [-0.1, -0.05) is 42.5 Å². The van der Waals surface area contributed by atoms with Gasteiger partial charge in [0.2, 0.25) is 0 Å². The van der Waals surface area contributed by atoms with Crippen LogP contribution in [-0.2, 0) is 4.74 Å². The predicted molar refractivity (Wildman–Crippen MR) is 122 cm³/mol. The molecule has 3 unspecified atom stereocenters. The van der Waals surface area contributed by atoms with E-state index in [1.165, 1.54) is 43.3 Å². The van der Waals surface area contributed by atoms with Gasteiger partial charge in [-0.2, -0.15) is 0 Å². The molecule has 1 aliphatic heterocycles. The molecule has 0 bridgehead atoms. The molecule has 1 heterocycles. The lowest BCUT2D eigenvalue weighted by Gasteiger charge is -2.24. The number of aliphatic hydroxyl groups is 1. The van der Waals surface area contributed by atoms with Crippen LogP contribution in [0.2, 0.25) is 0 Å². The number of epoxide rings is 1. The molecule has 3 aromatic rings. The lowest BCUT2D eigenvalue weighted by atomic mass is 9.81. The zero-order chi connectivity index (χ0) is 25.7. The van der Waals surface area contributed by atoms with E-state index in [0.717, 1.165) is 0 Å². The van der Waals surface area contributed by atoms with E-state index in [4.69, 9.17) is 4.74 Å². The van der Waals surface area contributed by atoms with Gasteiger partial charge in [-0.15, -0.1) is 0 Å². The van der Waals surface area contributed by atoms with Crippen LogP contribution in [0.15, 0.2) is 42.5 Å². The van der Waals surface area contributed by atoms with Crippen molar-refractivity contribution in [3.8, 4) is 11.1 Å². The second kappa shape index (κ2) is 9.41. The normalized spacial score (nSPS) is 20.3. The maximum atomic E-state index is 15.1. The van der Waals surface area contributed by atoms with Gasteiger partial charge >= 0.3 is 0 Å².